The monoisotopic (exact) mass is 322 g/mol. The zero-order chi connectivity index (χ0) is 17.4. The third-order valence-electron chi connectivity index (χ3n) is 4.23. The van der Waals surface area contributed by atoms with Crippen LogP contribution in [-0.4, -0.2) is 13.1 Å². The highest BCUT2D eigenvalue weighted by Gasteiger charge is 2.20. The predicted molar refractivity (Wildman–Crippen MR) is 93.5 cm³/mol. The molecule has 0 aliphatic heterocycles. The van der Waals surface area contributed by atoms with E-state index in [2.05, 4.69) is 0 Å². The molecule has 0 unspecified atom stereocenters. The van der Waals surface area contributed by atoms with Crippen LogP contribution in [0.25, 0.3) is 22.3 Å². The molecule has 0 N–H and O–H groups in total. The third-order valence-corrected chi connectivity index (χ3v) is 4.23. The number of ether oxygens (including phenoxy) is 1. The molecule has 1 heterocycles. The fourth-order valence-corrected chi connectivity index (χ4v) is 2.81. The number of methoxy groups -OCH3 is 1. The van der Waals surface area contributed by atoms with Gasteiger partial charge in [-0.25, -0.2) is 4.79 Å². The van der Waals surface area contributed by atoms with Gasteiger partial charge in [-0.15, -0.1) is 0 Å². The van der Waals surface area contributed by atoms with Crippen molar-refractivity contribution in [3.63, 3.8) is 0 Å². The first-order chi connectivity index (χ1) is 11.4. The first-order valence-electron chi connectivity index (χ1n) is 7.65. The van der Waals surface area contributed by atoms with Crippen LogP contribution in [0.1, 0.15) is 27.0 Å². The molecular weight excluding hydrogens is 304 g/mol. The molecule has 24 heavy (non-hydrogen) atoms. The minimum absolute atomic E-state index is 0.180. The number of hydrogen-bond donors (Lipinski definition) is 0. The lowest BCUT2D eigenvalue weighted by Gasteiger charge is -2.11. The van der Waals surface area contributed by atoms with Gasteiger partial charge in [0.05, 0.1) is 12.5 Å². The average molecular weight is 322 g/mol. The molecule has 0 radical (unpaired) electrons. The van der Waals surface area contributed by atoms with Crippen LogP contribution in [0.4, 0.5) is 0 Å². The van der Waals surface area contributed by atoms with Gasteiger partial charge in [-0.05, 0) is 44.0 Å². The standard InChI is InChI=1S/C20H18O4/c1-11-6-5-7-14(8-11)17-10-16(21)15-9-12(2)13(3)18(19(15)24-17)20(22)23-4/h5-10H,1-4H3. The van der Waals surface area contributed by atoms with E-state index in [0.29, 0.717) is 16.7 Å². The summed E-state index contributed by atoms with van der Waals surface area (Å²) < 4.78 is 10.9. The summed E-state index contributed by atoms with van der Waals surface area (Å²) in [4.78, 5) is 24.8. The van der Waals surface area contributed by atoms with E-state index in [4.69, 9.17) is 9.15 Å². The van der Waals surface area contributed by atoms with Crippen LogP contribution in [0.3, 0.4) is 0 Å². The number of carbonyl (C=O) groups is 1. The Hall–Kier alpha value is -2.88. The van der Waals surface area contributed by atoms with Crippen LogP contribution in [0, 0.1) is 20.8 Å². The lowest BCUT2D eigenvalue weighted by atomic mass is 9.99. The Morgan fingerprint density at radius 3 is 2.50 bits per heavy atom. The molecule has 4 nitrogen and oxygen atoms in total. The van der Waals surface area contributed by atoms with Crippen molar-refractivity contribution in [3.8, 4) is 11.3 Å². The van der Waals surface area contributed by atoms with Crippen molar-refractivity contribution in [2.45, 2.75) is 20.8 Å². The zero-order valence-electron chi connectivity index (χ0n) is 14.1. The summed E-state index contributed by atoms with van der Waals surface area (Å²) in [6.07, 6.45) is 0. The third kappa shape index (κ3) is 2.60. The zero-order valence-corrected chi connectivity index (χ0v) is 14.1. The van der Waals surface area contributed by atoms with E-state index in [1.165, 1.54) is 13.2 Å². The van der Waals surface area contributed by atoms with Gasteiger partial charge in [-0.2, -0.15) is 0 Å². The molecule has 0 atom stereocenters. The van der Waals surface area contributed by atoms with Crippen molar-refractivity contribution in [2.24, 2.45) is 0 Å². The highest BCUT2D eigenvalue weighted by molar-refractivity contribution is 6.04. The largest absolute Gasteiger partial charge is 0.465 e. The fourth-order valence-electron chi connectivity index (χ4n) is 2.81. The number of carbonyl (C=O) groups excluding carboxylic acids is 1. The molecule has 0 fully saturated rings. The minimum Gasteiger partial charge on any atom is -0.465 e. The number of aryl methyl sites for hydroxylation is 2. The molecule has 122 valence electrons. The maximum Gasteiger partial charge on any atom is 0.341 e. The van der Waals surface area contributed by atoms with Crippen LogP contribution in [0.2, 0.25) is 0 Å². The minimum atomic E-state index is -0.509. The Kier molecular flexibility index (Phi) is 3.97. The Labute approximate surface area is 139 Å². The SMILES string of the molecule is COC(=O)c1c(C)c(C)cc2c(=O)cc(-c3cccc(C)c3)oc12. The van der Waals surface area contributed by atoms with Crippen molar-refractivity contribution >= 4 is 16.9 Å². The summed E-state index contributed by atoms with van der Waals surface area (Å²) in [6, 6.07) is 10.9. The molecule has 0 bridgehead atoms. The molecule has 0 aliphatic carbocycles. The van der Waals surface area contributed by atoms with Crippen molar-refractivity contribution in [1.82, 2.24) is 0 Å². The van der Waals surface area contributed by atoms with Gasteiger partial charge in [0.15, 0.2) is 11.0 Å². The van der Waals surface area contributed by atoms with Gasteiger partial charge in [0, 0.05) is 11.6 Å². The highest BCUT2D eigenvalue weighted by Crippen LogP contribution is 2.28. The number of rotatable bonds is 2. The van der Waals surface area contributed by atoms with E-state index in [1.54, 1.807) is 6.07 Å². The Bertz CT molecular complexity index is 1010. The number of hydrogen-bond acceptors (Lipinski definition) is 4. The fraction of sp³-hybridized carbons (Fsp3) is 0.200. The van der Waals surface area contributed by atoms with Crippen molar-refractivity contribution in [1.29, 1.82) is 0 Å². The van der Waals surface area contributed by atoms with Crippen LogP contribution in [-0.2, 0) is 4.74 Å². The quantitative estimate of drug-likeness (QED) is 0.664. The van der Waals surface area contributed by atoms with Gasteiger partial charge in [0.25, 0.3) is 0 Å². The summed E-state index contributed by atoms with van der Waals surface area (Å²) >= 11 is 0. The average Bonchev–Trinajstić information content (AvgIpc) is 2.56. The second-order valence-electron chi connectivity index (χ2n) is 5.91. The van der Waals surface area contributed by atoms with Crippen molar-refractivity contribution in [2.75, 3.05) is 7.11 Å². The van der Waals surface area contributed by atoms with Gasteiger partial charge in [0.1, 0.15) is 11.3 Å². The Morgan fingerprint density at radius 2 is 1.83 bits per heavy atom. The van der Waals surface area contributed by atoms with Crippen molar-refractivity contribution in [3.05, 3.63) is 68.9 Å². The van der Waals surface area contributed by atoms with E-state index in [1.807, 2.05) is 45.0 Å². The summed E-state index contributed by atoms with van der Waals surface area (Å²) in [5, 5.41) is 0.384. The van der Waals surface area contributed by atoms with Crippen LogP contribution in [0.15, 0.2) is 45.6 Å². The smallest absolute Gasteiger partial charge is 0.341 e. The number of esters is 1. The van der Waals surface area contributed by atoms with E-state index in [-0.39, 0.29) is 11.0 Å². The summed E-state index contributed by atoms with van der Waals surface area (Å²) in [7, 11) is 1.32. The lowest BCUT2D eigenvalue weighted by Crippen LogP contribution is -2.10. The molecule has 0 saturated heterocycles. The van der Waals surface area contributed by atoms with Gasteiger partial charge < -0.3 is 9.15 Å². The molecule has 2 aromatic carbocycles. The molecule has 4 heteroatoms. The highest BCUT2D eigenvalue weighted by atomic mass is 16.5. The van der Waals surface area contributed by atoms with Gasteiger partial charge >= 0.3 is 5.97 Å². The maximum absolute atomic E-state index is 12.6. The summed E-state index contributed by atoms with van der Waals surface area (Å²) in [6.45, 7) is 5.64. The Balaban J connectivity index is 2.40. The summed E-state index contributed by atoms with van der Waals surface area (Å²) in [5.41, 5.74) is 3.85. The number of benzene rings is 2. The number of fused-ring (bicyclic) bond motifs is 1. The van der Waals surface area contributed by atoms with Gasteiger partial charge in [-0.3, -0.25) is 4.79 Å². The second kappa shape index (κ2) is 5.96. The first-order valence-corrected chi connectivity index (χ1v) is 7.65. The predicted octanol–water partition coefficient (Wildman–Crippen LogP) is 4.17. The van der Waals surface area contributed by atoms with Gasteiger partial charge in [0.2, 0.25) is 0 Å². The molecule has 0 aliphatic rings. The Morgan fingerprint density at radius 1 is 1.08 bits per heavy atom. The molecule has 0 spiro atoms. The second-order valence-corrected chi connectivity index (χ2v) is 5.91. The molecule has 0 saturated carbocycles. The molecule has 3 aromatic rings. The van der Waals surface area contributed by atoms with E-state index >= 15 is 0 Å². The van der Waals surface area contributed by atoms with Crippen LogP contribution < -0.4 is 5.43 Å². The van der Waals surface area contributed by atoms with E-state index in [9.17, 15) is 9.59 Å². The van der Waals surface area contributed by atoms with Gasteiger partial charge in [-0.1, -0.05) is 23.8 Å². The topological polar surface area (TPSA) is 56.5 Å². The lowest BCUT2D eigenvalue weighted by molar-refractivity contribution is 0.0601. The summed E-state index contributed by atoms with van der Waals surface area (Å²) in [5.74, 6) is -0.0738. The first kappa shape index (κ1) is 16.0. The molecule has 1 aromatic heterocycles. The van der Waals surface area contributed by atoms with Crippen LogP contribution >= 0.6 is 0 Å². The van der Waals surface area contributed by atoms with E-state index in [0.717, 1.165) is 22.3 Å². The van der Waals surface area contributed by atoms with Crippen molar-refractivity contribution < 1.29 is 13.9 Å². The molecule has 0 amide bonds. The van der Waals surface area contributed by atoms with Crippen LogP contribution in [0.5, 0.6) is 0 Å². The normalized spacial score (nSPS) is 10.8. The van der Waals surface area contributed by atoms with E-state index < -0.39 is 5.97 Å². The molecule has 3 rings (SSSR count). The molecular formula is C20H18O4. The maximum atomic E-state index is 12.6.